The average Bonchev–Trinajstić information content (AvgIpc) is 2.86. The summed E-state index contributed by atoms with van der Waals surface area (Å²) in [6.07, 6.45) is 1.83. The van der Waals surface area contributed by atoms with Crippen LogP contribution in [0.4, 0.5) is 5.69 Å². The molecule has 1 aliphatic rings. The van der Waals surface area contributed by atoms with Gasteiger partial charge in [0.05, 0.1) is 18.3 Å². The minimum absolute atomic E-state index is 0.0434. The van der Waals surface area contributed by atoms with Gasteiger partial charge in [-0.1, -0.05) is 12.1 Å². The third-order valence-electron chi connectivity index (χ3n) is 3.14. The Bertz CT molecular complexity index is 568. The fourth-order valence-electron chi connectivity index (χ4n) is 2.14. The third kappa shape index (κ3) is 4.50. The van der Waals surface area contributed by atoms with Gasteiger partial charge in [0.1, 0.15) is 0 Å². The van der Waals surface area contributed by atoms with Gasteiger partial charge in [-0.3, -0.25) is 9.59 Å². The van der Waals surface area contributed by atoms with Crippen LogP contribution >= 0.6 is 11.8 Å². The van der Waals surface area contributed by atoms with E-state index in [9.17, 15) is 9.59 Å². The van der Waals surface area contributed by atoms with Crippen molar-refractivity contribution in [2.45, 2.75) is 24.2 Å². The van der Waals surface area contributed by atoms with Gasteiger partial charge in [0.15, 0.2) is 0 Å². The summed E-state index contributed by atoms with van der Waals surface area (Å²) in [4.78, 5) is 26.1. The van der Waals surface area contributed by atoms with Gasteiger partial charge in [0, 0.05) is 30.0 Å². The molecule has 21 heavy (non-hydrogen) atoms. The van der Waals surface area contributed by atoms with Gasteiger partial charge in [-0.2, -0.15) is 5.26 Å². The Morgan fingerprint density at radius 2 is 2.24 bits per heavy atom. The van der Waals surface area contributed by atoms with E-state index in [1.165, 1.54) is 11.8 Å². The predicted molar refractivity (Wildman–Crippen MR) is 81.8 cm³/mol. The highest BCUT2D eigenvalue weighted by atomic mass is 32.2. The minimum atomic E-state index is -0.182. The van der Waals surface area contributed by atoms with Gasteiger partial charge in [-0.05, 0) is 18.6 Å². The summed E-state index contributed by atoms with van der Waals surface area (Å²) in [5.74, 6) is 0.550. The summed E-state index contributed by atoms with van der Waals surface area (Å²) in [6, 6.07) is 9.60. The van der Waals surface area contributed by atoms with Crippen molar-refractivity contribution in [2.75, 3.05) is 24.2 Å². The van der Waals surface area contributed by atoms with Crippen LogP contribution in [0.1, 0.15) is 19.3 Å². The monoisotopic (exact) mass is 303 g/mol. The van der Waals surface area contributed by atoms with E-state index >= 15 is 0 Å². The zero-order valence-corrected chi connectivity index (χ0v) is 12.5. The highest BCUT2D eigenvalue weighted by Gasteiger charge is 2.22. The number of carbonyl (C=O) groups is 2. The first-order valence-corrected chi connectivity index (χ1v) is 7.85. The van der Waals surface area contributed by atoms with E-state index in [1.54, 1.807) is 4.90 Å². The van der Waals surface area contributed by atoms with Gasteiger partial charge in [0.25, 0.3) is 0 Å². The van der Waals surface area contributed by atoms with E-state index in [4.69, 9.17) is 5.26 Å². The highest BCUT2D eigenvalue weighted by molar-refractivity contribution is 7.99. The molecule has 0 atom stereocenters. The van der Waals surface area contributed by atoms with E-state index in [0.29, 0.717) is 25.1 Å². The molecule has 6 heteroatoms. The van der Waals surface area contributed by atoms with Crippen molar-refractivity contribution in [1.82, 2.24) is 4.90 Å². The van der Waals surface area contributed by atoms with Crippen molar-refractivity contribution < 1.29 is 9.59 Å². The fourth-order valence-corrected chi connectivity index (χ4v) is 3.00. The van der Waals surface area contributed by atoms with Crippen LogP contribution in [0.3, 0.4) is 0 Å². The third-order valence-corrected chi connectivity index (χ3v) is 4.21. The number of nitrogens with one attached hydrogen (secondary N) is 1. The second kappa shape index (κ2) is 7.70. The van der Waals surface area contributed by atoms with Gasteiger partial charge in [-0.25, -0.2) is 0 Å². The first-order chi connectivity index (χ1) is 10.2. The number of nitrogens with zero attached hydrogens (tertiary/aromatic N) is 2. The van der Waals surface area contributed by atoms with Crippen molar-refractivity contribution in [1.29, 1.82) is 5.26 Å². The van der Waals surface area contributed by atoms with Crippen LogP contribution in [0.5, 0.6) is 0 Å². The van der Waals surface area contributed by atoms with Crippen LogP contribution < -0.4 is 5.32 Å². The lowest BCUT2D eigenvalue weighted by Gasteiger charge is -2.16. The Labute approximate surface area is 128 Å². The van der Waals surface area contributed by atoms with Crippen LogP contribution in [0.15, 0.2) is 29.2 Å². The van der Waals surface area contributed by atoms with Crippen molar-refractivity contribution in [3.05, 3.63) is 24.3 Å². The molecule has 1 saturated heterocycles. The molecule has 1 fully saturated rings. The SMILES string of the molecule is N#CCCSc1ccccc1NC(=O)CN1CCCC1=O. The molecule has 5 nitrogen and oxygen atoms in total. The Morgan fingerprint density at radius 3 is 2.95 bits per heavy atom. The molecule has 0 spiro atoms. The van der Waals surface area contributed by atoms with Crippen molar-refractivity contribution in [3.63, 3.8) is 0 Å². The van der Waals surface area contributed by atoms with Gasteiger partial charge < -0.3 is 10.2 Å². The molecule has 0 radical (unpaired) electrons. The lowest BCUT2D eigenvalue weighted by molar-refractivity contribution is -0.131. The molecular formula is C15H17N3O2S. The number of likely N-dealkylation sites (tertiary alicyclic amines) is 1. The van der Waals surface area contributed by atoms with E-state index in [0.717, 1.165) is 17.0 Å². The number of nitriles is 1. The summed E-state index contributed by atoms with van der Waals surface area (Å²) in [7, 11) is 0. The molecule has 2 amide bonds. The Morgan fingerprint density at radius 1 is 1.43 bits per heavy atom. The first kappa shape index (κ1) is 15.4. The maximum Gasteiger partial charge on any atom is 0.244 e. The quantitative estimate of drug-likeness (QED) is 0.646. The van der Waals surface area contributed by atoms with Crippen LogP contribution in [-0.2, 0) is 9.59 Å². The Kier molecular flexibility index (Phi) is 5.64. The van der Waals surface area contributed by atoms with Crippen LogP contribution in [-0.4, -0.2) is 35.6 Å². The van der Waals surface area contributed by atoms with Gasteiger partial charge in [-0.15, -0.1) is 11.8 Å². The predicted octanol–water partition coefficient (Wildman–Crippen LogP) is 2.25. The average molecular weight is 303 g/mol. The summed E-state index contributed by atoms with van der Waals surface area (Å²) in [5.41, 5.74) is 0.733. The second-order valence-corrected chi connectivity index (χ2v) is 5.86. The number of anilines is 1. The van der Waals surface area contributed by atoms with Crippen molar-refractivity contribution >= 4 is 29.3 Å². The van der Waals surface area contributed by atoms with Gasteiger partial charge in [0.2, 0.25) is 11.8 Å². The van der Waals surface area contributed by atoms with E-state index in [-0.39, 0.29) is 18.4 Å². The molecule has 110 valence electrons. The van der Waals surface area contributed by atoms with Gasteiger partial charge >= 0.3 is 0 Å². The molecule has 0 aromatic heterocycles. The maximum absolute atomic E-state index is 12.0. The van der Waals surface area contributed by atoms with E-state index < -0.39 is 0 Å². The van der Waals surface area contributed by atoms with E-state index in [1.807, 2.05) is 24.3 Å². The molecule has 0 saturated carbocycles. The first-order valence-electron chi connectivity index (χ1n) is 6.87. The highest BCUT2D eigenvalue weighted by Crippen LogP contribution is 2.27. The smallest absolute Gasteiger partial charge is 0.244 e. The molecule has 2 rings (SSSR count). The topological polar surface area (TPSA) is 73.2 Å². The number of amides is 2. The summed E-state index contributed by atoms with van der Waals surface area (Å²) in [6.45, 7) is 0.765. The standard InChI is InChI=1S/C15H17N3O2S/c16-8-4-10-21-13-6-2-1-5-12(13)17-14(19)11-18-9-3-7-15(18)20/h1-2,5-6H,3-4,7,9-11H2,(H,17,19). The summed E-state index contributed by atoms with van der Waals surface area (Å²) >= 11 is 1.54. The minimum Gasteiger partial charge on any atom is -0.333 e. The molecule has 1 N–H and O–H groups in total. The lowest BCUT2D eigenvalue weighted by Crippen LogP contribution is -2.34. The molecule has 1 aromatic carbocycles. The zero-order chi connectivity index (χ0) is 15.1. The number of para-hydroxylation sites is 1. The van der Waals surface area contributed by atoms with E-state index in [2.05, 4.69) is 11.4 Å². The molecule has 1 aromatic rings. The zero-order valence-electron chi connectivity index (χ0n) is 11.7. The normalized spacial score (nSPS) is 14.0. The lowest BCUT2D eigenvalue weighted by atomic mass is 10.3. The van der Waals surface area contributed by atoms with Crippen LogP contribution in [0, 0.1) is 11.3 Å². The molecular weight excluding hydrogens is 286 g/mol. The fraction of sp³-hybridized carbons (Fsp3) is 0.400. The number of rotatable bonds is 6. The molecule has 1 heterocycles. The number of hydrogen-bond acceptors (Lipinski definition) is 4. The van der Waals surface area contributed by atoms with Crippen LogP contribution in [0.2, 0.25) is 0 Å². The van der Waals surface area contributed by atoms with Crippen molar-refractivity contribution in [3.8, 4) is 6.07 Å². The molecule has 0 aliphatic carbocycles. The molecule has 0 unspecified atom stereocenters. The molecule has 0 bridgehead atoms. The summed E-state index contributed by atoms with van der Waals surface area (Å²) < 4.78 is 0. The number of benzene rings is 1. The Balaban J connectivity index is 1.93. The summed E-state index contributed by atoms with van der Waals surface area (Å²) in [5, 5.41) is 11.4. The van der Waals surface area contributed by atoms with Crippen LogP contribution in [0.25, 0.3) is 0 Å². The largest absolute Gasteiger partial charge is 0.333 e. The maximum atomic E-state index is 12.0. The molecule has 1 aliphatic heterocycles. The second-order valence-electron chi connectivity index (χ2n) is 4.72. The number of thioether (sulfide) groups is 1. The van der Waals surface area contributed by atoms with Crippen molar-refractivity contribution in [2.24, 2.45) is 0 Å². The number of carbonyl (C=O) groups excluding carboxylic acids is 2. The Hall–Kier alpha value is -2.00. The number of hydrogen-bond donors (Lipinski definition) is 1.